The Bertz CT molecular complexity index is 1160. The van der Waals surface area contributed by atoms with Crippen LogP contribution in [0.1, 0.15) is 10.4 Å². The number of hydrogen-bond donors (Lipinski definition) is 1. The van der Waals surface area contributed by atoms with Gasteiger partial charge in [-0.05, 0) is 34.1 Å². The van der Waals surface area contributed by atoms with Crippen LogP contribution in [0.25, 0.3) is 11.0 Å². The van der Waals surface area contributed by atoms with E-state index in [0.717, 1.165) is 0 Å². The molecule has 0 radical (unpaired) electrons. The van der Waals surface area contributed by atoms with Crippen LogP contribution in [-0.2, 0) is 9.53 Å². The van der Waals surface area contributed by atoms with Gasteiger partial charge in [-0.2, -0.15) is 0 Å². The topological polar surface area (TPSA) is 129 Å². The lowest BCUT2D eigenvalue weighted by molar-refractivity contribution is -0.384. The number of carbonyl (C=O) groups excluding carboxylic acids is 2. The third-order valence-electron chi connectivity index (χ3n) is 3.63. The number of anilines is 1. The maximum absolute atomic E-state index is 12.1. The number of nitrogens with zero attached hydrogens (tertiary/aromatic N) is 1. The highest BCUT2D eigenvalue weighted by molar-refractivity contribution is 9.10. The van der Waals surface area contributed by atoms with Crippen molar-refractivity contribution >= 4 is 50.2 Å². The van der Waals surface area contributed by atoms with Crippen LogP contribution in [0.5, 0.6) is 0 Å². The number of halogens is 1. The molecule has 0 saturated carbocycles. The highest BCUT2D eigenvalue weighted by Gasteiger charge is 2.17. The number of esters is 1. The smallest absolute Gasteiger partial charge is 0.351 e. The van der Waals surface area contributed by atoms with Gasteiger partial charge in [0.1, 0.15) is 11.1 Å². The van der Waals surface area contributed by atoms with Crippen LogP contribution in [-0.4, -0.2) is 23.4 Å². The number of para-hydroxylation sites is 1. The molecule has 3 rings (SSSR count). The third-order valence-corrected chi connectivity index (χ3v) is 4.29. The van der Waals surface area contributed by atoms with Gasteiger partial charge in [0.15, 0.2) is 6.61 Å². The summed E-state index contributed by atoms with van der Waals surface area (Å²) in [5.41, 5.74) is -0.772. The molecule has 0 saturated heterocycles. The standard InChI is InChI=1S/C18H11BrN2O7/c19-13-8-11(21(25)26)5-6-14(13)20-16(22)9-27-17(23)12-7-10-3-1-2-4-15(10)28-18(12)24/h1-8H,9H2,(H,20,22). The second-order valence-electron chi connectivity index (χ2n) is 5.53. The van der Waals surface area contributed by atoms with E-state index in [-0.39, 0.29) is 21.4 Å². The summed E-state index contributed by atoms with van der Waals surface area (Å²) in [5, 5.41) is 13.7. The van der Waals surface area contributed by atoms with E-state index in [1.807, 2.05) is 0 Å². The van der Waals surface area contributed by atoms with E-state index in [1.165, 1.54) is 24.3 Å². The van der Waals surface area contributed by atoms with E-state index in [1.54, 1.807) is 24.3 Å². The van der Waals surface area contributed by atoms with Gasteiger partial charge in [-0.15, -0.1) is 0 Å². The molecular formula is C18H11BrN2O7. The zero-order chi connectivity index (χ0) is 20.3. The van der Waals surface area contributed by atoms with Gasteiger partial charge < -0.3 is 14.5 Å². The zero-order valence-electron chi connectivity index (χ0n) is 14.0. The maximum Gasteiger partial charge on any atom is 0.351 e. The molecule has 0 spiro atoms. The van der Waals surface area contributed by atoms with Crippen molar-refractivity contribution in [1.82, 2.24) is 0 Å². The van der Waals surface area contributed by atoms with Crippen molar-refractivity contribution in [2.45, 2.75) is 0 Å². The number of rotatable bonds is 5. The fraction of sp³-hybridized carbons (Fsp3) is 0.0556. The first-order valence-electron chi connectivity index (χ1n) is 7.79. The zero-order valence-corrected chi connectivity index (χ0v) is 15.6. The molecule has 142 valence electrons. The van der Waals surface area contributed by atoms with Crippen LogP contribution in [0.4, 0.5) is 11.4 Å². The average molecular weight is 447 g/mol. The SMILES string of the molecule is O=C(COC(=O)c1cc2ccccc2oc1=O)Nc1ccc([N+](=O)[O-])cc1Br. The predicted molar refractivity (Wildman–Crippen MR) is 102 cm³/mol. The molecule has 0 aliphatic rings. The predicted octanol–water partition coefficient (Wildman–Crippen LogP) is 3.26. The molecule has 10 heteroatoms. The molecule has 9 nitrogen and oxygen atoms in total. The molecule has 0 aliphatic heterocycles. The molecule has 0 fully saturated rings. The molecule has 3 aromatic rings. The van der Waals surface area contributed by atoms with Gasteiger partial charge in [0, 0.05) is 22.0 Å². The van der Waals surface area contributed by atoms with E-state index in [4.69, 9.17) is 9.15 Å². The van der Waals surface area contributed by atoms with Gasteiger partial charge in [-0.3, -0.25) is 14.9 Å². The molecule has 2 aromatic carbocycles. The van der Waals surface area contributed by atoms with E-state index >= 15 is 0 Å². The second kappa shape index (κ2) is 8.01. The van der Waals surface area contributed by atoms with Crippen molar-refractivity contribution in [2.75, 3.05) is 11.9 Å². The van der Waals surface area contributed by atoms with Gasteiger partial charge in [0.25, 0.3) is 11.6 Å². The first kappa shape index (κ1) is 19.2. The number of hydrogen-bond acceptors (Lipinski definition) is 7. The summed E-state index contributed by atoms with van der Waals surface area (Å²) in [6.45, 7) is -0.658. The maximum atomic E-state index is 12.1. The molecule has 0 unspecified atom stereocenters. The summed E-state index contributed by atoms with van der Waals surface area (Å²) in [7, 11) is 0. The summed E-state index contributed by atoms with van der Waals surface area (Å²) in [6, 6.07) is 11.7. The number of nitrogens with one attached hydrogen (secondary N) is 1. The van der Waals surface area contributed by atoms with E-state index in [0.29, 0.717) is 11.0 Å². The number of carbonyl (C=O) groups is 2. The molecule has 1 amide bonds. The fourth-order valence-electron chi connectivity index (χ4n) is 2.32. The summed E-state index contributed by atoms with van der Waals surface area (Å²) >= 11 is 3.11. The van der Waals surface area contributed by atoms with Crippen LogP contribution in [0.15, 0.2) is 62.2 Å². The van der Waals surface area contributed by atoms with Gasteiger partial charge in [-0.1, -0.05) is 18.2 Å². The van der Waals surface area contributed by atoms with Crippen LogP contribution in [0.2, 0.25) is 0 Å². The number of amides is 1. The Kier molecular flexibility index (Phi) is 5.50. The van der Waals surface area contributed by atoms with Crippen molar-refractivity contribution in [2.24, 2.45) is 0 Å². The lowest BCUT2D eigenvalue weighted by atomic mass is 10.2. The number of benzene rings is 2. The molecule has 0 bridgehead atoms. The normalized spacial score (nSPS) is 10.5. The van der Waals surface area contributed by atoms with E-state index in [9.17, 15) is 24.5 Å². The molecule has 0 aliphatic carbocycles. The monoisotopic (exact) mass is 446 g/mol. The average Bonchev–Trinajstić information content (AvgIpc) is 2.67. The Labute approximate surface area is 165 Å². The Morgan fingerprint density at radius 1 is 1.18 bits per heavy atom. The summed E-state index contributed by atoms with van der Waals surface area (Å²) in [6.07, 6.45) is 0. The first-order chi connectivity index (χ1) is 13.3. The minimum absolute atomic E-state index is 0.153. The van der Waals surface area contributed by atoms with E-state index in [2.05, 4.69) is 21.2 Å². The van der Waals surface area contributed by atoms with Crippen LogP contribution < -0.4 is 10.9 Å². The Morgan fingerprint density at radius 2 is 1.93 bits per heavy atom. The molecule has 1 aromatic heterocycles. The molecular weight excluding hydrogens is 436 g/mol. The summed E-state index contributed by atoms with van der Waals surface area (Å²) in [5.74, 6) is -1.69. The number of non-ortho nitro benzene ring substituents is 1. The Hall–Kier alpha value is -3.53. The lowest BCUT2D eigenvalue weighted by Crippen LogP contribution is -2.23. The van der Waals surface area contributed by atoms with E-state index < -0.39 is 29.0 Å². The van der Waals surface area contributed by atoms with Gasteiger partial charge in [0.2, 0.25) is 0 Å². The number of nitro groups is 1. The number of nitro benzene ring substituents is 1. The number of fused-ring (bicyclic) bond motifs is 1. The van der Waals surface area contributed by atoms with Crippen LogP contribution >= 0.6 is 15.9 Å². The molecule has 0 atom stereocenters. The number of ether oxygens (including phenoxy) is 1. The van der Waals surface area contributed by atoms with Gasteiger partial charge >= 0.3 is 11.6 Å². The molecule has 1 N–H and O–H groups in total. The highest BCUT2D eigenvalue weighted by Crippen LogP contribution is 2.27. The Morgan fingerprint density at radius 3 is 2.64 bits per heavy atom. The molecule has 28 heavy (non-hydrogen) atoms. The fourth-order valence-corrected chi connectivity index (χ4v) is 2.78. The van der Waals surface area contributed by atoms with Crippen LogP contribution in [0.3, 0.4) is 0 Å². The van der Waals surface area contributed by atoms with Crippen molar-refractivity contribution in [3.8, 4) is 0 Å². The first-order valence-corrected chi connectivity index (χ1v) is 8.58. The minimum Gasteiger partial charge on any atom is -0.452 e. The quantitative estimate of drug-likeness (QED) is 0.275. The highest BCUT2D eigenvalue weighted by atomic mass is 79.9. The van der Waals surface area contributed by atoms with Gasteiger partial charge in [-0.25, -0.2) is 9.59 Å². The summed E-state index contributed by atoms with van der Waals surface area (Å²) in [4.78, 5) is 46.1. The lowest BCUT2D eigenvalue weighted by Gasteiger charge is -2.08. The van der Waals surface area contributed by atoms with Crippen molar-refractivity contribution in [1.29, 1.82) is 0 Å². The third kappa shape index (κ3) is 4.23. The van der Waals surface area contributed by atoms with Crippen molar-refractivity contribution in [3.05, 3.63) is 79.1 Å². The van der Waals surface area contributed by atoms with Crippen molar-refractivity contribution in [3.63, 3.8) is 0 Å². The second-order valence-corrected chi connectivity index (χ2v) is 6.39. The molecule has 1 heterocycles. The Balaban J connectivity index is 1.66. The summed E-state index contributed by atoms with van der Waals surface area (Å²) < 4.78 is 10.2. The van der Waals surface area contributed by atoms with Crippen LogP contribution in [0, 0.1) is 10.1 Å². The largest absolute Gasteiger partial charge is 0.452 e. The van der Waals surface area contributed by atoms with Crippen molar-refractivity contribution < 1.29 is 23.7 Å². The minimum atomic E-state index is -1.00. The van der Waals surface area contributed by atoms with Gasteiger partial charge in [0.05, 0.1) is 10.6 Å².